The Hall–Kier alpha value is -3.19. The van der Waals surface area contributed by atoms with Gasteiger partial charge in [-0.25, -0.2) is 4.98 Å². The maximum Gasteiger partial charge on any atom is 0.226 e. The number of nitrogens with one attached hydrogen (secondary N) is 1. The van der Waals surface area contributed by atoms with Gasteiger partial charge < -0.3 is 41.0 Å². The molecule has 0 aliphatic carbocycles. The number of aliphatic hydroxyl groups is 3. The van der Waals surface area contributed by atoms with Crippen molar-refractivity contribution in [3.8, 4) is 11.5 Å². The number of nitrogens with two attached hydrogens (primary N) is 1. The number of anilines is 2. The summed E-state index contributed by atoms with van der Waals surface area (Å²) in [6, 6.07) is 5.15. The first-order chi connectivity index (χ1) is 14.9. The third-order valence-corrected chi connectivity index (χ3v) is 5.18. The summed E-state index contributed by atoms with van der Waals surface area (Å²) in [5.41, 5.74) is 7.53. The van der Waals surface area contributed by atoms with E-state index < -0.39 is 31.1 Å². The van der Waals surface area contributed by atoms with Crippen molar-refractivity contribution in [3.63, 3.8) is 0 Å². The Bertz CT molecular complexity index is 1080. The van der Waals surface area contributed by atoms with Crippen LogP contribution in [0.1, 0.15) is 11.8 Å². The number of phenols is 1. The Balaban J connectivity index is 1.52. The highest BCUT2D eigenvalue weighted by molar-refractivity contribution is 5.83. The maximum atomic E-state index is 10.3. The van der Waals surface area contributed by atoms with Gasteiger partial charge in [-0.15, -0.1) is 0 Å². The Morgan fingerprint density at radius 1 is 1.26 bits per heavy atom. The second-order valence-corrected chi connectivity index (χ2v) is 7.17. The molecular weight excluding hydrogens is 408 g/mol. The number of aromatic nitrogens is 4. The smallest absolute Gasteiger partial charge is 0.226 e. The van der Waals surface area contributed by atoms with Crippen molar-refractivity contribution in [3.05, 3.63) is 30.1 Å². The number of nitrogens with zero attached hydrogens (tertiary/aromatic N) is 4. The van der Waals surface area contributed by atoms with E-state index in [1.54, 1.807) is 12.1 Å². The van der Waals surface area contributed by atoms with Gasteiger partial charge in [0.1, 0.15) is 23.8 Å². The highest BCUT2D eigenvalue weighted by Gasteiger charge is 2.44. The van der Waals surface area contributed by atoms with Gasteiger partial charge in [0.2, 0.25) is 5.95 Å². The van der Waals surface area contributed by atoms with E-state index in [0.29, 0.717) is 29.9 Å². The zero-order chi connectivity index (χ0) is 22.1. The number of rotatable bonds is 7. The molecule has 0 radical (unpaired) electrons. The van der Waals surface area contributed by atoms with E-state index in [2.05, 4.69) is 20.3 Å². The zero-order valence-electron chi connectivity index (χ0n) is 16.7. The fourth-order valence-corrected chi connectivity index (χ4v) is 3.52. The molecule has 1 aliphatic rings. The number of benzene rings is 1. The van der Waals surface area contributed by atoms with Crippen LogP contribution in [0.2, 0.25) is 0 Å². The van der Waals surface area contributed by atoms with Gasteiger partial charge in [-0.1, -0.05) is 6.07 Å². The third-order valence-electron chi connectivity index (χ3n) is 5.18. The molecule has 0 amide bonds. The van der Waals surface area contributed by atoms with Crippen LogP contribution in [0.25, 0.3) is 11.2 Å². The number of imidazole rings is 1. The number of phenolic OH excluding ortho intramolecular Hbond substituents is 1. The first-order valence-corrected chi connectivity index (χ1v) is 9.65. The van der Waals surface area contributed by atoms with Crippen LogP contribution in [0.3, 0.4) is 0 Å². The topological polar surface area (TPSA) is 181 Å². The van der Waals surface area contributed by atoms with Crippen LogP contribution >= 0.6 is 0 Å². The summed E-state index contributed by atoms with van der Waals surface area (Å²) in [7, 11) is 1.49. The summed E-state index contributed by atoms with van der Waals surface area (Å²) in [6.45, 7) is 0.0188. The van der Waals surface area contributed by atoms with Crippen LogP contribution in [0.15, 0.2) is 24.5 Å². The Labute approximate surface area is 176 Å². The number of nitrogen functional groups attached to an aromatic ring is 1. The fraction of sp³-hybridized carbons (Fsp3) is 0.421. The Morgan fingerprint density at radius 3 is 2.74 bits per heavy atom. The van der Waals surface area contributed by atoms with Crippen LogP contribution in [-0.2, 0) is 11.2 Å². The van der Waals surface area contributed by atoms with Crippen molar-refractivity contribution >= 4 is 22.9 Å². The summed E-state index contributed by atoms with van der Waals surface area (Å²) in [5, 5.41) is 42.6. The van der Waals surface area contributed by atoms with Crippen LogP contribution in [0.5, 0.6) is 11.5 Å². The second kappa shape index (κ2) is 8.51. The SMILES string of the molecule is COc1ccc(CCNc2nc(N)c3ncn(C4O[C@H](CO)[C@@H](O)[C@H]4O)c3n2)cc1O. The van der Waals surface area contributed by atoms with E-state index in [0.717, 1.165) is 5.56 Å². The molecule has 1 saturated heterocycles. The van der Waals surface area contributed by atoms with Crippen molar-refractivity contribution in [2.45, 2.75) is 31.0 Å². The molecule has 31 heavy (non-hydrogen) atoms. The minimum atomic E-state index is -1.27. The molecule has 0 bridgehead atoms. The molecule has 3 aromatic rings. The molecule has 0 spiro atoms. The van der Waals surface area contributed by atoms with Crippen LogP contribution in [0.4, 0.5) is 11.8 Å². The minimum Gasteiger partial charge on any atom is -0.504 e. The molecule has 1 unspecified atom stereocenters. The van der Waals surface area contributed by atoms with Crippen molar-refractivity contribution in [2.75, 3.05) is 31.3 Å². The van der Waals surface area contributed by atoms with Gasteiger partial charge in [-0.3, -0.25) is 4.57 Å². The number of fused-ring (bicyclic) bond motifs is 1. The molecule has 3 heterocycles. The minimum absolute atomic E-state index is 0.0595. The van der Waals surface area contributed by atoms with Gasteiger partial charge in [0.25, 0.3) is 0 Å². The number of aliphatic hydroxyl groups excluding tert-OH is 3. The van der Waals surface area contributed by atoms with E-state index in [1.807, 2.05) is 6.07 Å². The summed E-state index contributed by atoms with van der Waals surface area (Å²) in [5.74, 6) is 0.844. The lowest BCUT2D eigenvalue weighted by Crippen LogP contribution is -2.33. The van der Waals surface area contributed by atoms with E-state index in [-0.39, 0.29) is 17.5 Å². The number of hydrogen-bond acceptors (Lipinski definition) is 11. The van der Waals surface area contributed by atoms with Gasteiger partial charge in [0, 0.05) is 6.54 Å². The van der Waals surface area contributed by atoms with E-state index in [4.69, 9.17) is 15.2 Å². The van der Waals surface area contributed by atoms with Gasteiger partial charge in [0.05, 0.1) is 20.0 Å². The molecule has 166 valence electrons. The van der Waals surface area contributed by atoms with Gasteiger partial charge in [-0.05, 0) is 24.1 Å². The number of hydrogen-bond donors (Lipinski definition) is 6. The highest BCUT2D eigenvalue weighted by atomic mass is 16.6. The summed E-state index contributed by atoms with van der Waals surface area (Å²) in [4.78, 5) is 12.8. The predicted octanol–water partition coefficient (Wildman–Crippen LogP) is -0.611. The van der Waals surface area contributed by atoms with Crippen molar-refractivity contribution in [1.29, 1.82) is 0 Å². The van der Waals surface area contributed by atoms with Crippen LogP contribution in [-0.4, -0.2) is 78.5 Å². The first-order valence-electron chi connectivity index (χ1n) is 9.65. The molecule has 1 fully saturated rings. The molecular formula is C19H24N6O6. The Morgan fingerprint density at radius 2 is 2.06 bits per heavy atom. The van der Waals surface area contributed by atoms with E-state index in [1.165, 1.54) is 18.0 Å². The summed E-state index contributed by atoms with van der Waals surface area (Å²) in [6.07, 6.45) is -2.46. The predicted molar refractivity (Wildman–Crippen MR) is 110 cm³/mol. The second-order valence-electron chi connectivity index (χ2n) is 7.17. The largest absolute Gasteiger partial charge is 0.504 e. The van der Waals surface area contributed by atoms with Crippen molar-refractivity contribution in [2.24, 2.45) is 0 Å². The molecule has 2 aromatic heterocycles. The number of ether oxygens (including phenoxy) is 2. The molecule has 12 heteroatoms. The summed E-state index contributed by atoms with van der Waals surface area (Å²) < 4.78 is 12.0. The molecule has 4 atom stereocenters. The van der Waals surface area contributed by atoms with Crippen LogP contribution in [0, 0.1) is 0 Å². The lowest BCUT2D eigenvalue weighted by atomic mass is 10.1. The van der Waals surface area contributed by atoms with Crippen molar-refractivity contribution < 1.29 is 29.9 Å². The third kappa shape index (κ3) is 3.93. The van der Waals surface area contributed by atoms with Gasteiger partial charge >= 0.3 is 0 Å². The lowest BCUT2D eigenvalue weighted by Gasteiger charge is -2.17. The average molecular weight is 432 g/mol. The highest BCUT2D eigenvalue weighted by Crippen LogP contribution is 2.32. The summed E-state index contributed by atoms with van der Waals surface area (Å²) >= 11 is 0. The van der Waals surface area contributed by atoms with Gasteiger partial charge in [0.15, 0.2) is 29.2 Å². The molecule has 1 aliphatic heterocycles. The first kappa shape index (κ1) is 21.1. The average Bonchev–Trinajstić information content (AvgIpc) is 3.29. The Kier molecular flexibility index (Phi) is 5.78. The molecule has 12 nitrogen and oxygen atoms in total. The van der Waals surface area contributed by atoms with Crippen LogP contribution < -0.4 is 15.8 Å². The van der Waals surface area contributed by atoms with Gasteiger partial charge in [-0.2, -0.15) is 9.97 Å². The molecule has 4 rings (SSSR count). The number of aromatic hydroxyl groups is 1. The molecule has 0 saturated carbocycles. The maximum absolute atomic E-state index is 10.3. The zero-order valence-corrected chi connectivity index (χ0v) is 16.7. The fourth-order valence-electron chi connectivity index (χ4n) is 3.52. The number of methoxy groups -OCH3 is 1. The molecule has 1 aromatic carbocycles. The quantitative estimate of drug-likeness (QED) is 0.280. The normalized spacial score (nSPS) is 23.4. The standard InChI is InChI=1S/C19H24N6O6/c1-30-11-3-2-9(6-10(11)27)4-5-21-19-23-16(20)13-17(24-19)25(8-22-13)18-15(29)14(28)12(7-26)31-18/h2-3,6,8,12,14-15,18,26-29H,4-5,7H2,1H3,(H3,20,21,23,24)/t12-,14-,15-,18?/m1/s1. The lowest BCUT2D eigenvalue weighted by molar-refractivity contribution is -0.0511. The van der Waals surface area contributed by atoms with E-state index >= 15 is 0 Å². The van der Waals surface area contributed by atoms with Crippen molar-refractivity contribution in [1.82, 2.24) is 19.5 Å². The van der Waals surface area contributed by atoms with E-state index in [9.17, 15) is 20.4 Å². The monoisotopic (exact) mass is 432 g/mol. The molecule has 7 N–H and O–H groups in total.